The Labute approximate surface area is 182 Å². The quantitative estimate of drug-likeness (QED) is 0.527. The van der Waals surface area contributed by atoms with Crippen molar-refractivity contribution in [2.45, 2.75) is 63.3 Å². The molecule has 0 saturated carbocycles. The number of carbonyl (C=O) groups is 3. The zero-order valence-electron chi connectivity index (χ0n) is 18.5. The minimum absolute atomic E-state index is 0.0554. The van der Waals surface area contributed by atoms with Crippen LogP contribution >= 0.6 is 0 Å². The van der Waals surface area contributed by atoms with E-state index in [1.54, 1.807) is 11.8 Å². The molecular weight excluding hydrogens is 400 g/mol. The van der Waals surface area contributed by atoms with E-state index >= 15 is 0 Å². The SMILES string of the molecule is CC(C)N1CC=C[C@]23O[C@@]4(C)/C=C\CCCOC(=O)[C@H]4[C@H]2C(=O)N(CCCO)C3C1=O. The van der Waals surface area contributed by atoms with Crippen LogP contribution in [-0.4, -0.2) is 82.3 Å². The van der Waals surface area contributed by atoms with Gasteiger partial charge in [0.25, 0.3) is 0 Å². The number of esters is 1. The van der Waals surface area contributed by atoms with Gasteiger partial charge in [-0.25, -0.2) is 0 Å². The first kappa shape index (κ1) is 22.0. The molecule has 4 aliphatic rings. The van der Waals surface area contributed by atoms with Crippen LogP contribution in [0.1, 0.15) is 40.0 Å². The second-order valence-electron chi connectivity index (χ2n) is 9.30. The lowest BCUT2D eigenvalue weighted by Gasteiger charge is -2.38. The van der Waals surface area contributed by atoms with E-state index < -0.39 is 35.0 Å². The number of likely N-dealkylation sites (tertiary alicyclic amines) is 1. The van der Waals surface area contributed by atoms with E-state index in [1.165, 1.54) is 4.90 Å². The predicted octanol–water partition coefficient (Wildman–Crippen LogP) is 1.04. The first-order valence-electron chi connectivity index (χ1n) is 11.2. The summed E-state index contributed by atoms with van der Waals surface area (Å²) in [7, 11) is 0. The summed E-state index contributed by atoms with van der Waals surface area (Å²) in [6.45, 7) is 6.50. The van der Waals surface area contributed by atoms with Crippen molar-refractivity contribution >= 4 is 17.8 Å². The van der Waals surface area contributed by atoms with Crippen LogP contribution in [0.3, 0.4) is 0 Å². The third-order valence-electron chi connectivity index (χ3n) is 6.96. The topological polar surface area (TPSA) is 96.4 Å². The molecule has 0 radical (unpaired) electrons. The smallest absolute Gasteiger partial charge is 0.313 e. The Morgan fingerprint density at radius 1 is 1.16 bits per heavy atom. The van der Waals surface area contributed by atoms with Crippen LogP contribution in [0.4, 0.5) is 0 Å². The summed E-state index contributed by atoms with van der Waals surface area (Å²) >= 11 is 0. The zero-order chi connectivity index (χ0) is 22.4. The number of carbonyl (C=O) groups excluding carboxylic acids is 3. The van der Waals surface area contributed by atoms with Gasteiger partial charge in [-0.1, -0.05) is 24.3 Å². The summed E-state index contributed by atoms with van der Waals surface area (Å²) in [5.74, 6) is -2.65. The van der Waals surface area contributed by atoms with Gasteiger partial charge in [0.2, 0.25) is 11.8 Å². The van der Waals surface area contributed by atoms with Gasteiger partial charge in [0, 0.05) is 25.7 Å². The van der Waals surface area contributed by atoms with Gasteiger partial charge in [0.05, 0.1) is 18.1 Å². The number of aliphatic hydroxyl groups excluding tert-OH is 1. The lowest BCUT2D eigenvalue weighted by atomic mass is 9.74. The third kappa shape index (κ3) is 3.31. The van der Waals surface area contributed by atoms with E-state index in [9.17, 15) is 19.5 Å². The maximum absolute atomic E-state index is 13.7. The van der Waals surface area contributed by atoms with Crippen LogP contribution in [0.15, 0.2) is 24.3 Å². The lowest BCUT2D eigenvalue weighted by molar-refractivity contribution is -0.159. The van der Waals surface area contributed by atoms with Crippen molar-refractivity contribution in [3.05, 3.63) is 24.3 Å². The Balaban J connectivity index is 1.86. The molecule has 0 aromatic rings. The van der Waals surface area contributed by atoms with E-state index in [0.29, 0.717) is 19.4 Å². The van der Waals surface area contributed by atoms with E-state index in [4.69, 9.17) is 9.47 Å². The summed E-state index contributed by atoms with van der Waals surface area (Å²) in [4.78, 5) is 43.9. The van der Waals surface area contributed by atoms with Gasteiger partial charge >= 0.3 is 5.97 Å². The number of rotatable bonds is 4. The Bertz CT molecular complexity index is 823. The molecule has 2 saturated heterocycles. The Kier molecular flexibility index (Phi) is 5.72. The van der Waals surface area contributed by atoms with Crippen molar-refractivity contribution in [1.82, 2.24) is 9.80 Å². The first-order chi connectivity index (χ1) is 14.8. The summed E-state index contributed by atoms with van der Waals surface area (Å²) in [5, 5.41) is 9.38. The molecule has 2 fully saturated rings. The monoisotopic (exact) mass is 432 g/mol. The predicted molar refractivity (Wildman–Crippen MR) is 112 cm³/mol. The summed E-state index contributed by atoms with van der Waals surface area (Å²) < 4.78 is 12.2. The number of hydrogen-bond acceptors (Lipinski definition) is 6. The van der Waals surface area contributed by atoms with Crippen LogP contribution in [0, 0.1) is 11.8 Å². The fourth-order valence-corrected chi connectivity index (χ4v) is 5.60. The molecule has 4 rings (SSSR count). The molecule has 0 aliphatic carbocycles. The van der Waals surface area contributed by atoms with Crippen molar-refractivity contribution in [3.63, 3.8) is 0 Å². The summed E-state index contributed by atoms with van der Waals surface area (Å²) in [5.41, 5.74) is -2.31. The highest BCUT2D eigenvalue weighted by Gasteiger charge is 2.74. The minimum Gasteiger partial charge on any atom is -0.465 e. The van der Waals surface area contributed by atoms with Gasteiger partial charge in [0.1, 0.15) is 17.6 Å². The van der Waals surface area contributed by atoms with Gasteiger partial charge in [-0.15, -0.1) is 0 Å². The number of hydrogen-bond donors (Lipinski definition) is 1. The molecule has 1 N–H and O–H groups in total. The van der Waals surface area contributed by atoms with E-state index in [-0.39, 0.29) is 37.6 Å². The maximum Gasteiger partial charge on any atom is 0.313 e. The van der Waals surface area contributed by atoms with Crippen molar-refractivity contribution in [1.29, 1.82) is 0 Å². The highest BCUT2D eigenvalue weighted by Crippen LogP contribution is 2.57. The molecule has 0 aromatic carbocycles. The number of aliphatic hydroxyl groups is 1. The highest BCUT2D eigenvalue weighted by atomic mass is 16.6. The average molecular weight is 433 g/mol. The van der Waals surface area contributed by atoms with Crippen LogP contribution in [0.2, 0.25) is 0 Å². The average Bonchev–Trinajstić information content (AvgIpc) is 3.05. The molecule has 0 aromatic heterocycles. The Morgan fingerprint density at radius 3 is 2.65 bits per heavy atom. The second kappa shape index (κ2) is 8.06. The number of ether oxygens (including phenoxy) is 2. The molecule has 0 bridgehead atoms. The van der Waals surface area contributed by atoms with Gasteiger partial charge in [-0.2, -0.15) is 0 Å². The normalized spacial score (nSPS) is 38.7. The molecule has 5 atom stereocenters. The van der Waals surface area contributed by atoms with Gasteiger partial charge < -0.3 is 24.4 Å². The minimum atomic E-state index is -1.25. The number of allylic oxidation sites excluding steroid dienone is 1. The fourth-order valence-electron chi connectivity index (χ4n) is 5.60. The number of cyclic esters (lactones) is 1. The standard InChI is InChI=1S/C23H32N2O6/c1-15(2)24-11-7-10-23-16(19(27)25(12-8-13-26)18(23)20(24)28)17-21(29)30-14-6-4-5-9-22(17,3)31-23/h5,7,9-10,15-18,26H,4,6,8,11-14H2,1-3H3/b9-5-/t16-,17+,18?,22-,23-/m0/s1. The Morgan fingerprint density at radius 2 is 1.94 bits per heavy atom. The lowest BCUT2D eigenvalue weighted by Crippen LogP contribution is -2.57. The molecule has 4 heterocycles. The van der Waals surface area contributed by atoms with Gasteiger partial charge in [-0.3, -0.25) is 14.4 Å². The summed E-state index contributed by atoms with van der Waals surface area (Å²) in [6, 6.07) is -0.939. The van der Waals surface area contributed by atoms with E-state index in [2.05, 4.69) is 0 Å². The number of nitrogens with zero attached hydrogens (tertiary/aromatic N) is 2. The molecular formula is C23H32N2O6. The Hall–Kier alpha value is -2.19. The molecule has 31 heavy (non-hydrogen) atoms. The third-order valence-corrected chi connectivity index (χ3v) is 6.96. The number of fused-ring (bicyclic) bond motifs is 2. The highest BCUT2D eigenvalue weighted by molar-refractivity contribution is 5.99. The van der Waals surface area contributed by atoms with E-state index in [1.807, 2.05) is 38.2 Å². The van der Waals surface area contributed by atoms with E-state index in [0.717, 1.165) is 6.42 Å². The van der Waals surface area contributed by atoms with Crippen LogP contribution < -0.4 is 0 Å². The molecule has 1 spiro atoms. The largest absolute Gasteiger partial charge is 0.465 e. The number of amides is 2. The molecule has 8 nitrogen and oxygen atoms in total. The molecule has 2 amide bonds. The molecule has 4 aliphatic heterocycles. The molecule has 170 valence electrons. The van der Waals surface area contributed by atoms with Crippen molar-refractivity contribution in [3.8, 4) is 0 Å². The van der Waals surface area contributed by atoms with Crippen LogP contribution in [0.25, 0.3) is 0 Å². The first-order valence-corrected chi connectivity index (χ1v) is 11.2. The fraction of sp³-hybridized carbons (Fsp3) is 0.696. The zero-order valence-corrected chi connectivity index (χ0v) is 18.5. The molecule has 1 unspecified atom stereocenters. The summed E-state index contributed by atoms with van der Waals surface area (Å²) in [6.07, 6.45) is 9.33. The van der Waals surface area contributed by atoms with Gasteiger partial charge in [-0.05, 0) is 40.0 Å². The van der Waals surface area contributed by atoms with Crippen LogP contribution in [0.5, 0.6) is 0 Å². The van der Waals surface area contributed by atoms with Gasteiger partial charge in [0.15, 0.2) is 0 Å². The maximum atomic E-state index is 13.7. The second-order valence-corrected chi connectivity index (χ2v) is 9.30. The van der Waals surface area contributed by atoms with Crippen molar-refractivity contribution in [2.75, 3.05) is 26.3 Å². The van der Waals surface area contributed by atoms with Crippen LogP contribution in [-0.2, 0) is 23.9 Å². The van der Waals surface area contributed by atoms with Crippen molar-refractivity contribution in [2.24, 2.45) is 11.8 Å². The van der Waals surface area contributed by atoms with Crippen molar-refractivity contribution < 1.29 is 29.0 Å². The molecule has 8 heteroatoms.